The summed E-state index contributed by atoms with van der Waals surface area (Å²) in [6, 6.07) is 0. The van der Waals surface area contributed by atoms with Crippen LogP contribution in [0, 0.1) is 17.8 Å². The van der Waals surface area contributed by atoms with Crippen molar-refractivity contribution in [3.63, 3.8) is 0 Å². The zero-order valence-electron chi connectivity index (χ0n) is 13.7. The highest BCUT2D eigenvalue weighted by Gasteiger charge is 2.33. The Morgan fingerprint density at radius 1 is 1.29 bits per heavy atom. The van der Waals surface area contributed by atoms with E-state index in [1.807, 2.05) is 0 Å². The van der Waals surface area contributed by atoms with Gasteiger partial charge in [-0.25, -0.2) is 4.79 Å². The summed E-state index contributed by atoms with van der Waals surface area (Å²) in [4.78, 5) is 28.8. The summed E-state index contributed by atoms with van der Waals surface area (Å²) >= 11 is 0. The van der Waals surface area contributed by atoms with Crippen LogP contribution >= 0.6 is 0 Å². The smallest absolute Gasteiger partial charge is 0.364 e. The fourth-order valence-electron chi connectivity index (χ4n) is 2.80. The lowest BCUT2D eigenvalue weighted by atomic mass is 9.75. The molecule has 0 amide bonds. The summed E-state index contributed by atoms with van der Waals surface area (Å²) in [5.74, 6) is 0.318. The molecule has 5 nitrogen and oxygen atoms in total. The summed E-state index contributed by atoms with van der Waals surface area (Å²) in [5, 5.41) is 3.83. The molecule has 0 N–H and O–H groups in total. The number of Topliss-reactive ketones (excluding diaryl/α,β-unsaturated/α-hetero) is 1. The van der Waals surface area contributed by atoms with Gasteiger partial charge >= 0.3 is 5.97 Å². The molecular weight excluding hydrogens is 270 g/mol. The van der Waals surface area contributed by atoms with Crippen molar-refractivity contribution in [3.05, 3.63) is 0 Å². The summed E-state index contributed by atoms with van der Waals surface area (Å²) in [6.45, 7) is 9.71. The van der Waals surface area contributed by atoms with Gasteiger partial charge in [-0.3, -0.25) is 4.79 Å². The molecule has 5 heteroatoms. The van der Waals surface area contributed by atoms with E-state index in [2.05, 4.69) is 25.9 Å². The molecule has 0 aliphatic heterocycles. The number of oxime groups is 1. The molecule has 1 aliphatic rings. The van der Waals surface area contributed by atoms with Crippen molar-refractivity contribution in [2.24, 2.45) is 22.9 Å². The standard InChI is InChI=1S/C16H27NO4/c1-6-20-16(19)15(12(5)18)17-21-14-9-11(4)7-8-13(14)10(2)3/h10-11,13-14H,6-9H2,1-5H3/b17-15+/t11-,13+,14+/m0/s1. The monoisotopic (exact) mass is 297 g/mol. The van der Waals surface area contributed by atoms with Crippen LogP contribution in [0.15, 0.2) is 5.16 Å². The van der Waals surface area contributed by atoms with E-state index in [1.165, 1.54) is 13.3 Å². The molecule has 1 fully saturated rings. The summed E-state index contributed by atoms with van der Waals surface area (Å²) < 4.78 is 4.83. The van der Waals surface area contributed by atoms with E-state index in [0.29, 0.717) is 17.8 Å². The van der Waals surface area contributed by atoms with Crippen molar-refractivity contribution in [2.75, 3.05) is 6.61 Å². The maximum absolute atomic E-state index is 11.7. The second-order valence-electron chi connectivity index (χ2n) is 6.19. The number of hydrogen-bond acceptors (Lipinski definition) is 5. The Bertz CT molecular complexity index is 403. The van der Waals surface area contributed by atoms with Gasteiger partial charge in [0.1, 0.15) is 6.10 Å². The van der Waals surface area contributed by atoms with Gasteiger partial charge < -0.3 is 9.57 Å². The number of carbonyl (C=O) groups is 2. The minimum atomic E-state index is -0.713. The second-order valence-corrected chi connectivity index (χ2v) is 6.19. The van der Waals surface area contributed by atoms with Crippen LogP contribution in [0.1, 0.15) is 53.9 Å². The van der Waals surface area contributed by atoms with Gasteiger partial charge in [-0.1, -0.05) is 32.3 Å². The molecule has 0 radical (unpaired) electrons. The molecule has 0 aromatic heterocycles. The highest BCUT2D eigenvalue weighted by molar-refractivity contribution is 6.63. The first kappa shape index (κ1) is 17.7. The Morgan fingerprint density at radius 2 is 1.95 bits per heavy atom. The van der Waals surface area contributed by atoms with E-state index < -0.39 is 11.8 Å². The van der Waals surface area contributed by atoms with Gasteiger partial charge in [0, 0.05) is 12.8 Å². The molecule has 120 valence electrons. The maximum Gasteiger partial charge on any atom is 0.364 e. The first-order valence-electron chi connectivity index (χ1n) is 7.78. The average molecular weight is 297 g/mol. The predicted octanol–water partition coefficient (Wildman–Crippen LogP) is 2.97. The van der Waals surface area contributed by atoms with Crippen LogP contribution in [0.25, 0.3) is 0 Å². The molecule has 21 heavy (non-hydrogen) atoms. The molecule has 1 saturated carbocycles. The van der Waals surface area contributed by atoms with Gasteiger partial charge in [-0.05, 0) is 31.6 Å². The van der Waals surface area contributed by atoms with Gasteiger partial charge in [0.15, 0.2) is 5.78 Å². The molecule has 3 atom stereocenters. The number of esters is 1. The minimum absolute atomic E-state index is 0.0440. The fourth-order valence-corrected chi connectivity index (χ4v) is 2.80. The molecule has 0 bridgehead atoms. The van der Waals surface area contributed by atoms with Crippen LogP contribution < -0.4 is 0 Å². The number of carbonyl (C=O) groups excluding carboxylic acids is 2. The lowest BCUT2D eigenvalue weighted by molar-refractivity contribution is -0.136. The number of ketones is 1. The van der Waals surface area contributed by atoms with Crippen molar-refractivity contribution in [3.8, 4) is 0 Å². The van der Waals surface area contributed by atoms with Crippen molar-refractivity contribution in [2.45, 2.75) is 60.0 Å². The summed E-state index contributed by atoms with van der Waals surface area (Å²) in [5.41, 5.74) is -0.252. The third-order valence-electron chi connectivity index (χ3n) is 4.04. The predicted molar refractivity (Wildman–Crippen MR) is 81.0 cm³/mol. The molecule has 1 rings (SSSR count). The van der Waals surface area contributed by atoms with Crippen LogP contribution in [-0.2, 0) is 19.2 Å². The van der Waals surface area contributed by atoms with E-state index in [-0.39, 0.29) is 18.4 Å². The van der Waals surface area contributed by atoms with E-state index >= 15 is 0 Å². The Kier molecular flexibility index (Phi) is 6.85. The SMILES string of the molecule is CCOC(=O)/C(=N/O[C@@H]1C[C@@H](C)CC[C@@H]1C(C)C)C(C)=O. The summed E-state index contributed by atoms with van der Waals surface area (Å²) in [6.07, 6.45) is 3.13. The topological polar surface area (TPSA) is 65.0 Å². The quantitative estimate of drug-likeness (QED) is 0.327. The Morgan fingerprint density at radius 3 is 2.48 bits per heavy atom. The zero-order valence-corrected chi connectivity index (χ0v) is 13.7. The maximum atomic E-state index is 11.7. The minimum Gasteiger partial charge on any atom is -0.461 e. The third kappa shape index (κ3) is 5.14. The second kappa shape index (κ2) is 8.15. The molecule has 1 aliphatic carbocycles. The van der Waals surface area contributed by atoms with E-state index in [4.69, 9.17) is 9.57 Å². The summed E-state index contributed by atoms with van der Waals surface area (Å²) in [7, 11) is 0. The largest absolute Gasteiger partial charge is 0.461 e. The van der Waals surface area contributed by atoms with Gasteiger partial charge in [-0.15, -0.1) is 0 Å². The molecule has 0 aromatic rings. The van der Waals surface area contributed by atoms with E-state index in [9.17, 15) is 9.59 Å². The fraction of sp³-hybridized carbons (Fsp3) is 0.812. The van der Waals surface area contributed by atoms with Crippen molar-refractivity contribution in [1.82, 2.24) is 0 Å². The Balaban J connectivity index is 2.81. The third-order valence-corrected chi connectivity index (χ3v) is 4.04. The molecule has 0 saturated heterocycles. The first-order chi connectivity index (χ1) is 9.86. The van der Waals surface area contributed by atoms with E-state index in [0.717, 1.165) is 12.8 Å². The molecule has 0 spiro atoms. The number of ether oxygens (including phenoxy) is 1. The molecule has 0 heterocycles. The van der Waals surface area contributed by atoms with Crippen LogP contribution in [0.3, 0.4) is 0 Å². The van der Waals surface area contributed by atoms with E-state index in [1.54, 1.807) is 6.92 Å². The number of rotatable bonds is 6. The van der Waals surface area contributed by atoms with Gasteiger partial charge in [0.25, 0.3) is 0 Å². The Hall–Kier alpha value is -1.39. The van der Waals surface area contributed by atoms with Crippen LogP contribution in [0.4, 0.5) is 0 Å². The molecular formula is C16H27NO4. The number of nitrogens with zero attached hydrogens (tertiary/aromatic N) is 1. The van der Waals surface area contributed by atoms with Crippen molar-refractivity contribution < 1.29 is 19.2 Å². The number of hydrogen-bond donors (Lipinski definition) is 0. The lowest BCUT2D eigenvalue weighted by Crippen LogP contribution is -2.34. The van der Waals surface area contributed by atoms with Crippen LogP contribution in [0.2, 0.25) is 0 Å². The van der Waals surface area contributed by atoms with Crippen molar-refractivity contribution >= 4 is 17.5 Å². The van der Waals surface area contributed by atoms with Crippen LogP contribution in [-0.4, -0.2) is 30.2 Å². The molecule has 0 unspecified atom stereocenters. The lowest BCUT2D eigenvalue weighted by Gasteiger charge is -2.35. The van der Waals surface area contributed by atoms with Crippen LogP contribution in [0.5, 0.6) is 0 Å². The first-order valence-corrected chi connectivity index (χ1v) is 7.78. The Labute approximate surface area is 127 Å². The van der Waals surface area contributed by atoms with Crippen molar-refractivity contribution in [1.29, 1.82) is 0 Å². The van der Waals surface area contributed by atoms with Gasteiger partial charge in [-0.2, -0.15) is 0 Å². The normalized spacial score (nSPS) is 26.6. The highest BCUT2D eigenvalue weighted by Crippen LogP contribution is 2.35. The van der Waals surface area contributed by atoms with Gasteiger partial charge in [0.05, 0.1) is 6.61 Å². The highest BCUT2D eigenvalue weighted by atomic mass is 16.6. The zero-order chi connectivity index (χ0) is 16.0. The molecule has 0 aromatic carbocycles. The van der Waals surface area contributed by atoms with Gasteiger partial charge in [0.2, 0.25) is 5.71 Å². The average Bonchev–Trinajstić information content (AvgIpc) is 2.38.